The topological polar surface area (TPSA) is 66.5 Å². The maximum absolute atomic E-state index is 12.6. The van der Waals surface area contributed by atoms with E-state index in [0.717, 1.165) is 5.69 Å². The fraction of sp³-hybridized carbons (Fsp3) is 0.278. The SMILES string of the molecule is CCC(C)NS(=O)(=O)c1cccc(C(=O)N(C)c2ccccc2)c1. The van der Waals surface area contributed by atoms with Gasteiger partial charge in [0, 0.05) is 24.3 Å². The summed E-state index contributed by atoms with van der Waals surface area (Å²) in [4.78, 5) is 14.2. The van der Waals surface area contributed by atoms with E-state index < -0.39 is 10.0 Å². The first-order valence-corrected chi connectivity index (χ1v) is 9.29. The predicted octanol–water partition coefficient (Wildman–Crippen LogP) is 3.04. The summed E-state index contributed by atoms with van der Waals surface area (Å²) in [5.74, 6) is -0.262. The Hall–Kier alpha value is -2.18. The molecule has 0 spiro atoms. The van der Waals surface area contributed by atoms with Crippen molar-refractivity contribution in [2.75, 3.05) is 11.9 Å². The summed E-state index contributed by atoms with van der Waals surface area (Å²) in [6, 6.07) is 15.1. The Morgan fingerprint density at radius 3 is 2.42 bits per heavy atom. The highest BCUT2D eigenvalue weighted by Crippen LogP contribution is 2.18. The number of benzene rings is 2. The first-order chi connectivity index (χ1) is 11.3. The first-order valence-electron chi connectivity index (χ1n) is 7.80. The van der Waals surface area contributed by atoms with Crippen LogP contribution in [0.1, 0.15) is 30.6 Å². The lowest BCUT2D eigenvalue weighted by Gasteiger charge is -2.18. The van der Waals surface area contributed by atoms with E-state index >= 15 is 0 Å². The lowest BCUT2D eigenvalue weighted by atomic mass is 10.2. The molecular weight excluding hydrogens is 324 g/mol. The zero-order chi connectivity index (χ0) is 17.7. The average molecular weight is 346 g/mol. The molecule has 0 radical (unpaired) electrons. The molecule has 1 N–H and O–H groups in total. The van der Waals surface area contributed by atoms with Gasteiger partial charge in [-0.2, -0.15) is 0 Å². The smallest absolute Gasteiger partial charge is 0.258 e. The van der Waals surface area contributed by atoms with Crippen molar-refractivity contribution < 1.29 is 13.2 Å². The van der Waals surface area contributed by atoms with Gasteiger partial charge in [-0.3, -0.25) is 4.79 Å². The Bertz CT molecular complexity index is 804. The third kappa shape index (κ3) is 4.21. The van der Waals surface area contributed by atoms with Crippen molar-refractivity contribution in [3.8, 4) is 0 Å². The molecule has 0 heterocycles. The van der Waals surface area contributed by atoms with Gasteiger partial charge in [0.05, 0.1) is 4.90 Å². The van der Waals surface area contributed by atoms with Gasteiger partial charge in [0.1, 0.15) is 0 Å². The summed E-state index contributed by atoms with van der Waals surface area (Å²) in [6.45, 7) is 3.71. The first kappa shape index (κ1) is 18.2. The van der Waals surface area contributed by atoms with Crippen molar-refractivity contribution in [3.63, 3.8) is 0 Å². The number of carbonyl (C=O) groups excluding carboxylic acids is 1. The van der Waals surface area contributed by atoms with Crippen LogP contribution in [0.25, 0.3) is 0 Å². The zero-order valence-electron chi connectivity index (χ0n) is 14.1. The monoisotopic (exact) mass is 346 g/mol. The largest absolute Gasteiger partial charge is 0.311 e. The number of amides is 1. The maximum Gasteiger partial charge on any atom is 0.258 e. The van der Waals surface area contributed by atoms with Crippen molar-refractivity contribution in [2.24, 2.45) is 0 Å². The molecule has 2 aromatic carbocycles. The highest BCUT2D eigenvalue weighted by atomic mass is 32.2. The summed E-state index contributed by atoms with van der Waals surface area (Å²) >= 11 is 0. The van der Waals surface area contributed by atoms with Crippen LogP contribution in [-0.2, 0) is 10.0 Å². The number of sulfonamides is 1. The number of nitrogens with zero attached hydrogens (tertiary/aromatic N) is 1. The molecule has 0 bridgehead atoms. The minimum atomic E-state index is -3.64. The van der Waals surface area contributed by atoms with Crippen LogP contribution in [0.4, 0.5) is 5.69 Å². The van der Waals surface area contributed by atoms with Crippen molar-refractivity contribution in [1.82, 2.24) is 4.72 Å². The fourth-order valence-electron chi connectivity index (χ4n) is 2.18. The highest BCUT2D eigenvalue weighted by molar-refractivity contribution is 7.89. The van der Waals surface area contributed by atoms with E-state index in [9.17, 15) is 13.2 Å². The number of anilines is 1. The molecule has 1 unspecified atom stereocenters. The van der Waals surface area contributed by atoms with Gasteiger partial charge in [-0.25, -0.2) is 13.1 Å². The molecule has 0 aliphatic rings. The van der Waals surface area contributed by atoms with Crippen LogP contribution < -0.4 is 9.62 Å². The Balaban J connectivity index is 2.29. The fourth-order valence-corrected chi connectivity index (χ4v) is 3.55. The molecule has 5 nitrogen and oxygen atoms in total. The molecule has 0 aromatic heterocycles. The predicted molar refractivity (Wildman–Crippen MR) is 95.7 cm³/mol. The molecule has 0 aliphatic carbocycles. The second kappa shape index (κ2) is 7.59. The highest BCUT2D eigenvalue weighted by Gasteiger charge is 2.20. The van der Waals surface area contributed by atoms with E-state index in [0.29, 0.717) is 12.0 Å². The normalized spacial score (nSPS) is 12.6. The van der Waals surface area contributed by atoms with Gasteiger partial charge < -0.3 is 4.90 Å². The van der Waals surface area contributed by atoms with Crippen LogP contribution in [0.15, 0.2) is 59.5 Å². The minimum absolute atomic E-state index is 0.0927. The maximum atomic E-state index is 12.6. The van der Waals surface area contributed by atoms with Crippen molar-refractivity contribution >= 4 is 21.6 Å². The molecule has 0 saturated heterocycles. The molecule has 0 saturated carbocycles. The molecule has 1 amide bonds. The molecule has 6 heteroatoms. The van der Waals surface area contributed by atoms with E-state index in [-0.39, 0.29) is 16.8 Å². The second-order valence-corrected chi connectivity index (χ2v) is 7.37. The lowest BCUT2D eigenvalue weighted by molar-refractivity contribution is 0.0993. The van der Waals surface area contributed by atoms with Crippen molar-refractivity contribution in [2.45, 2.75) is 31.2 Å². The standard InChI is InChI=1S/C18H22N2O3S/c1-4-14(2)19-24(22,23)17-12-8-9-15(13-17)18(21)20(3)16-10-6-5-7-11-16/h5-14,19H,4H2,1-3H3. The summed E-state index contributed by atoms with van der Waals surface area (Å²) < 4.78 is 27.4. The van der Waals surface area contributed by atoms with Crippen LogP contribution in [-0.4, -0.2) is 27.4 Å². The molecule has 0 aliphatic heterocycles. The van der Waals surface area contributed by atoms with Crippen LogP contribution >= 0.6 is 0 Å². The van der Waals surface area contributed by atoms with Gasteiger partial charge >= 0.3 is 0 Å². The number of carbonyl (C=O) groups is 1. The summed E-state index contributed by atoms with van der Waals surface area (Å²) in [5, 5.41) is 0. The molecule has 2 rings (SSSR count). The van der Waals surface area contributed by atoms with E-state index in [1.807, 2.05) is 37.3 Å². The van der Waals surface area contributed by atoms with E-state index in [1.54, 1.807) is 26.1 Å². The lowest BCUT2D eigenvalue weighted by Crippen LogP contribution is -2.32. The Labute approximate surface area is 143 Å². The number of para-hydroxylation sites is 1. The van der Waals surface area contributed by atoms with Crippen LogP contribution in [0.2, 0.25) is 0 Å². The number of rotatable bonds is 6. The third-order valence-electron chi connectivity index (χ3n) is 3.81. The number of nitrogens with one attached hydrogen (secondary N) is 1. The third-order valence-corrected chi connectivity index (χ3v) is 5.40. The summed E-state index contributed by atoms with van der Waals surface area (Å²) in [7, 11) is -1.98. The Morgan fingerprint density at radius 1 is 1.12 bits per heavy atom. The molecule has 1 atom stereocenters. The van der Waals surface area contributed by atoms with Crippen molar-refractivity contribution in [1.29, 1.82) is 0 Å². The van der Waals surface area contributed by atoms with Crippen LogP contribution in [0, 0.1) is 0 Å². The second-order valence-electron chi connectivity index (χ2n) is 5.66. The Morgan fingerprint density at radius 2 is 1.79 bits per heavy atom. The van der Waals surface area contributed by atoms with Gasteiger partial charge in [-0.05, 0) is 43.7 Å². The molecule has 2 aromatic rings. The Kier molecular flexibility index (Phi) is 5.75. The quantitative estimate of drug-likeness (QED) is 0.874. The van der Waals surface area contributed by atoms with Gasteiger partial charge in [-0.15, -0.1) is 0 Å². The van der Waals surface area contributed by atoms with Gasteiger partial charge in [0.2, 0.25) is 10.0 Å². The van der Waals surface area contributed by atoms with E-state index in [2.05, 4.69) is 4.72 Å². The molecular formula is C18H22N2O3S. The van der Waals surface area contributed by atoms with E-state index in [1.165, 1.54) is 17.0 Å². The number of hydrogen-bond donors (Lipinski definition) is 1. The molecule has 24 heavy (non-hydrogen) atoms. The molecule has 128 valence electrons. The minimum Gasteiger partial charge on any atom is -0.311 e. The zero-order valence-corrected chi connectivity index (χ0v) is 14.9. The molecule has 0 fully saturated rings. The van der Waals surface area contributed by atoms with Gasteiger partial charge in [0.15, 0.2) is 0 Å². The summed E-state index contributed by atoms with van der Waals surface area (Å²) in [6.07, 6.45) is 0.689. The van der Waals surface area contributed by atoms with E-state index in [4.69, 9.17) is 0 Å². The van der Waals surface area contributed by atoms with Gasteiger partial charge in [0.25, 0.3) is 5.91 Å². The van der Waals surface area contributed by atoms with Gasteiger partial charge in [-0.1, -0.05) is 31.2 Å². The van der Waals surface area contributed by atoms with Crippen LogP contribution in [0.3, 0.4) is 0 Å². The average Bonchev–Trinajstić information content (AvgIpc) is 2.60. The van der Waals surface area contributed by atoms with Crippen molar-refractivity contribution in [3.05, 3.63) is 60.2 Å². The van der Waals surface area contributed by atoms with Crippen LogP contribution in [0.5, 0.6) is 0 Å². The summed E-state index contributed by atoms with van der Waals surface area (Å²) in [5.41, 5.74) is 1.07. The number of hydrogen-bond acceptors (Lipinski definition) is 3.